The lowest BCUT2D eigenvalue weighted by molar-refractivity contribution is -0.123. The van der Waals surface area contributed by atoms with Crippen LogP contribution in [-0.2, 0) is 16.0 Å². The van der Waals surface area contributed by atoms with E-state index in [1.54, 1.807) is 11.3 Å². The molecule has 0 bridgehead atoms. The van der Waals surface area contributed by atoms with Gasteiger partial charge >= 0.3 is 6.09 Å². The largest absolute Gasteiger partial charge is 0.443 e. The Balaban J connectivity index is 1.74. The van der Waals surface area contributed by atoms with Crippen LogP contribution in [-0.4, -0.2) is 30.2 Å². The Bertz CT molecular complexity index is 980. The first kappa shape index (κ1) is 24.1. The molecule has 3 rings (SSSR count). The number of nitriles is 1. The number of nitrogens with zero attached hydrogens (tertiary/aromatic N) is 1. The highest BCUT2D eigenvalue weighted by Crippen LogP contribution is 2.40. The van der Waals surface area contributed by atoms with Gasteiger partial charge in [0.2, 0.25) is 5.91 Å². The van der Waals surface area contributed by atoms with Crippen LogP contribution >= 0.6 is 11.3 Å². The first-order valence-corrected chi connectivity index (χ1v) is 12.3. The van der Waals surface area contributed by atoms with Crippen LogP contribution in [0, 0.1) is 23.2 Å². The average Bonchev–Trinajstić information content (AvgIpc) is 3.16. The molecule has 0 spiro atoms. The van der Waals surface area contributed by atoms with Crippen LogP contribution < -0.4 is 10.6 Å². The van der Waals surface area contributed by atoms with Gasteiger partial charge in [-0.1, -0.05) is 38.5 Å². The zero-order valence-corrected chi connectivity index (χ0v) is 20.0. The van der Waals surface area contributed by atoms with Gasteiger partial charge in [-0.05, 0) is 54.5 Å². The van der Waals surface area contributed by atoms with Crippen molar-refractivity contribution in [2.45, 2.75) is 70.9 Å². The third kappa shape index (κ3) is 5.80. The Morgan fingerprint density at radius 2 is 2.09 bits per heavy atom. The number of rotatable bonds is 8. The van der Waals surface area contributed by atoms with E-state index in [0.717, 1.165) is 41.3 Å². The number of thiophene rings is 1. The summed E-state index contributed by atoms with van der Waals surface area (Å²) in [5.74, 6) is 0.405. The van der Waals surface area contributed by atoms with Crippen LogP contribution in [0.4, 0.5) is 4.79 Å². The molecular weight excluding hydrogens is 422 g/mol. The minimum absolute atomic E-state index is 0.221. The number of fused-ring (bicyclic) bond motifs is 1. The molecule has 6 nitrogen and oxygen atoms in total. The summed E-state index contributed by atoms with van der Waals surface area (Å²) < 4.78 is 7.13. The van der Waals surface area contributed by atoms with Crippen molar-refractivity contribution in [1.29, 1.82) is 5.26 Å². The molecule has 1 saturated carbocycles. The van der Waals surface area contributed by atoms with E-state index in [0.29, 0.717) is 18.3 Å². The third-order valence-corrected chi connectivity index (χ3v) is 7.50. The third-order valence-electron chi connectivity index (χ3n) is 6.48. The van der Waals surface area contributed by atoms with Gasteiger partial charge in [-0.3, -0.25) is 4.79 Å². The van der Waals surface area contributed by atoms with Crippen LogP contribution in [0.1, 0.15) is 58.4 Å². The van der Waals surface area contributed by atoms with Gasteiger partial charge in [0.1, 0.15) is 11.6 Å². The number of ether oxygens (including phenoxy) is 1. The van der Waals surface area contributed by atoms with E-state index in [9.17, 15) is 9.59 Å². The molecule has 3 unspecified atom stereocenters. The first-order chi connectivity index (χ1) is 15.3. The van der Waals surface area contributed by atoms with Gasteiger partial charge in [-0.25, -0.2) is 4.79 Å². The summed E-state index contributed by atoms with van der Waals surface area (Å²) in [6.07, 6.45) is 4.09. The lowest BCUT2D eigenvalue weighted by Gasteiger charge is -2.43. The fourth-order valence-electron chi connectivity index (χ4n) is 4.86. The van der Waals surface area contributed by atoms with Crippen LogP contribution in [0.3, 0.4) is 0 Å². The number of alkyl carbamates (subject to hydrolysis) is 1. The quantitative estimate of drug-likeness (QED) is 0.537. The Hall–Kier alpha value is -2.59. The smallest absolute Gasteiger partial charge is 0.408 e. The van der Waals surface area contributed by atoms with Crippen molar-refractivity contribution in [3.8, 4) is 6.07 Å². The number of hydrogen-bond donors (Lipinski definition) is 2. The Labute approximate surface area is 194 Å². The zero-order chi connectivity index (χ0) is 23.1. The topological polar surface area (TPSA) is 91.2 Å². The molecule has 172 valence electrons. The van der Waals surface area contributed by atoms with Crippen LogP contribution in [0.5, 0.6) is 0 Å². The van der Waals surface area contributed by atoms with Gasteiger partial charge in [0.05, 0.1) is 12.5 Å². The monoisotopic (exact) mass is 455 g/mol. The minimum Gasteiger partial charge on any atom is -0.443 e. The second-order valence-corrected chi connectivity index (χ2v) is 10.1. The van der Waals surface area contributed by atoms with Gasteiger partial charge in [-0.15, -0.1) is 11.3 Å². The van der Waals surface area contributed by atoms with E-state index < -0.39 is 17.7 Å². The second kappa shape index (κ2) is 10.8. The highest BCUT2D eigenvalue weighted by Gasteiger charge is 2.42. The van der Waals surface area contributed by atoms with Crippen molar-refractivity contribution >= 4 is 33.4 Å². The summed E-state index contributed by atoms with van der Waals surface area (Å²) >= 11 is 1.62. The van der Waals surface area contributed by atoms with E-state index in [2.05, 4.69) is 24.5 Å². The Morgan fingerprint density at radius 1 is 1.31 bits per heavy atom. The van der Waals surface area contributed by atoms with Crippen molar-refractivity contribution < 1.29 is 14.3 Å². The summed E-state index contributed by atoms with van der Waals surface area (Å²) in [6.45, 7) is 6.61. The minimum atomic E-state index is -0.774. The maximum absolute atomic E-state index is 13.0. The van der Waals surface area contributed by atoms with Gasteiger partial charge in [0.15, 0.2) is 0 Å². The molecule has 0 aliphatic heterocycles. The Kier molecular flexibility index (Phi) is 8.14. The van der Waals surface area contributed by atoms with Crippen molar-refractivity contribution in [3.63, 3.8) is 0 Å². The highest BCUT2D eigenvalue weighted by molar-refractivity contribution is 7.17. The molecule has 2 N–H and O–H groups in total. The predicted octanol–water partition coefficient (Wildman–Crippen LogP) is 5.17. The number of carbonyl (C=O) groups excluding carboxylic acids is 2. The molecule has 2 aromatic rings. The summed E-state index contributed by atoms with van der Waals surface area (Å²) in [7, 11) is 0. The molecule has 0 radical (unpaired) electrons. The fourth-order valence-corrected chi connectivity index (χ4v) is 5.84. The van der Waals surface area contributed by atoms with Gasteiger partial charge in [0, 0.05) is 23.6 Å². The van der Waals surface area contributed by atoms with E-state index in [4.69, 9.17) is 10.00 Å². The predicted molar refractivity (Wildman–Crippen MR) is 127 cm³/mol. The highest BCUT2D eigenvalue weighted by atomic mass is 32.1. The first-order valence-electron chi connectivity index (χ1n) is 11.4. The van der Waals surface area contributed by atoms with Gasteiger partial charge in [-0.2, -0.15) is 5.26 Å². The lowest BCUT2D eigenvalue weighted by Crippen LogP contribution is -2.52. The normalized spacial score (nSPS) is 21.7. The van der Waals surface area contributed by atoms with Crippen LogP contribution in [0.2, 0.25) is 0 Å². The summed E-state index contributed by atoms with van der Waals surface area (Å²) in [6, 6.07) is 9.28. The molecular formula is C25H33N3O3S. The maximum atomic E-state index is 13.0. The molecule has 1 fully saturated rings. The molecule has 3 atom stereocenters. The number of amides is 2. The van der Waals surface area contributed by atoms with Crippen LogP contribution in [0.25, 0.3) is 10.1 Å². The second-order valence-electron chi connectivity index (χ2n) is 9.16. The summed E-state index contributed by atoms with van der Waals surface area (Å²) in [4.78, 5) is 25.8. The van der Waals surface area contributed by atoms with Crippen molar-refractivity contribution in [1.82, 2.24) is 10.6 Å². The van der Waals surface area contributed by atoms with E-state index in [-0.39, 0.29) is 18.9 Å². The molecule has 7 heteroatoms. The number of hydrogen-bond acceptors (Lipinski definition) is 5. The van der Waals surface area contributed by atoms with Gasteiger partial charge in [0.25, 0.3) is 0 Å². The van der Waals surface area contributed by atoms with E-state index >= 15 is 0 Å². The molecule has 2 amide bonds. The maximum Gasteiger partial charge on any atom is 0.408 e. The molecule has 1 aliphatic carbocycles. The fraction of sp³-hybridized carbons (Fsp3) is 0.560. The van der Waals surface area contributed by atoms with Crippen LogP contribution in [0.15, 0.2) is 29.6 Å². The molecule has 1 aliphatic rings. The van der Waals surface area contributed by atoms with Gasteiger partial charge < -0.3 is 15.4 Å². The Morgan fingerprint density at radius 3 is 2.84 bits per heavy atom. The zero-order valence-electron chi connectivity index (χ0n) is 19.1. The van der Waals surface area contributed by atoms with Crippen molar-refractivity contribution in [2.75, 3.05) is 6.54 Å². The molecule has 1 aromatic heterocycles. The molecule has 32 heavy (non-hydrogen) atoms. The molecule has 0 saturated heterocycles. The standard InChI is InChI=1S/C25H33N3O3S/c1-17(2)20-10-6-7-12-25(20,3)31-24(30)28-21(23(29)27-14-8-13-26)15-18-16-32-22-11-5-4-9-19(18)22/h4-5,9,11,16-17,20-21H,6-8,10,12,14-15H2,1-3H3,(H,27,29)(H,28,30). The van der Waals surface area contributed by atoms with E-state index in [1.807, 2.05) is 42.6 Å². The summed E-state index contributed by atoms with van der Waals surface area (Å²) in [5.41, 5.74) is 0.475. The molecule has 1 aromatic carbocycles. The van der Waals surface area contributed by atoms with E-state index in [1.165, 1.54) is 0 Å². The lowest BCUT2D eigenvalue weighted by atomic mass is 9.71. The summed E-state index contributed by atoms with van der Waals surface area (Å²) in [5, 5.41) is 17.5. The average molecular weight is 456 g/mol. The molecule has 1 heterocycles. The SMILES string of the molecule is CC(C)C1CCCCC1(C)OC(=O)NC(Cc1csc2ccccc12)C(=O)NCCC#N. The van der Waals surface area contributed by atoms with Crippen molar-refractivity contribution in [3.05, 3.63) is 35.2 Å². The number of nitrogens with one attached hydrogen (secondary N) is 2. The number of carbonyl (C=O) groups is 2. The van der Waals surface area contributed by atoms with Crippen molar-refractivity contribution in [2.24, 2.45) is 11.8 Å². The number of benzene rings is 1.